The lowest BCUT2D eigenvalue weighted by molar-refractivity contribution is 0.0951. The third-order valence-corrected chi connectivity index (χ3v) is 3.66. The van der Waals surface area contributed by atoms with Gasteiger partial charge in [-0.3, -0.25) is 4.79 Å². The number of carbonyl (C=O) groups is 1. The molecule has 24 heavy (non-hydrogen) atoms. The number of nitrogens with one attached hydrogen (secondary N) is 1. The number of ether oxygens (including phenoxy) is 2. The quantitative estimate of drug-likeness (QED) is 0.803. The van der Waals surface area contributed by atoms with Crippen LogP contribution in [0.3, 0.4) is 0 Å². The van der Waals surface area contributed by atoms with Crippen molar-refractivity contribution in [2.45, 2.75) is 13.3 Å². The minimum atomic E-state index is -0.252. The second-order valence-corrected chi connectivity index (χ2v) is 5.52. The molecule has 0 unspecified atom stereocenters. The molecule has 2 rings (SSSR count). The van der Waals surface area contributed by atoms with Gasteiger partial charge in [0, 0.05) is 11.6 Å². The van der Waals surface area contributed by atoms with Gasteiger partial charge >= 0.3 is 0 Å². The molecule has 0 spiro atoms. The Hall–Kier alpha value is -2.40. The van der Waals surface area contributed by atoms with Crippen LogP contribution in [-0.2, 0) is 6.42 Å². The summed E-state index contributed by atoms with van der Waals surface area (Å²) in [5.41, 5.74) is 1.35. The van der Waals surface area contributed by atoms with E-state index in [-0.39, 0.29) is 11.7 Å². The minimum Gasteiger partial charge on any atom is -0.504 e. The Labute approximate surface area is 146 Å². The van der Waals surface area contributed by atoms with Gasteiger partial charge in [-0.25, -0.2) is 0 Å². The maximum atomic E-state index is 12.3. The Kier molecular flexibility index (Phi) is 6.32. The van der Waals surface area contributed by atoms with Gasteiger partial charge in [-0.1, -0.05) is 17.7 Å². The van der Waals surface area contributed by atoms with Crippen LogP contribution >= 0.6 is 11.6 Å². The van der Waals surface area contributed by atoms with Gasteiger partial charge in [0.25, 0.3) is 5.91 Å². The number of phenols is 1. The van der Waals surface area contributed by atoms with Crippen molar-refractivity contribution in [3.05, 3.63) is 52.5 Å². The Bertz CT molecular complexity index is 718. The highest BCUT2D eigenvalue weighted by Gasteiger charge is 2.12. The summed E-state index contributed by atoms with van der Waals surface area (Å²) >= 11 is 5.94. The average Bonchev–Trinajstić information content (AvgIpc) is 2.57. The predicted octanol–water partition coefficient (Wildman–Crippen LogP) is 3.43. The summed E-state index contributed by atoms with van der Waals surface area (Å²) in [6, 6.07) is 10.1. The number of methoxy groups -OCH3 is 1. The fourth-order valence-electron chi connectivity index (χ4n) is 2.26. The number of phenolic OH excluding ortho intramolecular Hbond substituents is 1. The number of carbonyl (C=O) groups excluding carboxylic acids is 1. The molecule has 0 radical (unpaired) electrons. The van der Waals surface area contributed by atoms with E-state index >= 15 is 0 Å². The summed E-state index contributed by atoms with van der Waals surface area (Å²) in [6.07, 6.45) is 0.606. The van der Waals surface area contributed by atoms with E-state index in [1.165, 1.54) is 7.11 Å². The summed E-state index contributed by atoms with van der Waals surface area (Å²) in [6.45, 7) is 2.76. The van der Waals surface area contributed by atoms with E-state index in [0.29, 0.717) is 41.7 Å². The summed E-state index contributed by atoms with van der Waals surface area (Å²) in [4.78, 5) is 12.3. The highest BCUT2D eigenvalue weighted by Crippen LogP contribution is 2.27. The largest absolute Gasteiger partial charge is 0.504 e. The number of benzene rings is 2. The molecule has 0 aliphatic carbocycles. The van der Waals surface area contributed by atoms with Crippen LogP contribution in [0.2, 0.25) is 5.02 Å². The maximum absolute atomic E-state index is 12.3. The lowest BCUT2D eigenvalue weighted by Gasteiger charge is -2.11. The number of rotatable bonds is 7. The molecule has 0 aromatic heterocycles. The third-order valence-electron chi connectivity index (χ3n) is 3.43. The zero-order valence-electron chi connectivity index (χ0n) is 13.6. The maximum Gasteiger partial charge on any atom is 0.255 e. The Balaban J connectivity index is 1.98. The molecular formula is C18H20ClNO4. The van der Waals surface area contributed by atoms with Crippen LogP contribution in [-0.4, -0.2) is 31.3 Å². The molecule has 0 atom stereocenters. The first-order valence-corrected chi connectivity index (χ1v) is 7.99. The van der Waals surface area contributed by atoms with Crippen molar-refractivity contribution in [1.29, 1.82) is 0 Å². The second-order valence-electron chi connectivity index (χ2n) is 5.09. The summed E-state index contributed by atoms with van der Waals surface area (Å²) in [7, 11) is 1.51. The van der Waals surface area contributed by atoms with Crippen molar-refractivity contribution in [1.82, 2.24) is 5.32 Å². The first kappa shape index (κ1) is 17.9. The van der Waals surface area contributed by atoms with Crippen molar-refractivity contribution in [2.24, 2.45) is 0 Å². The topological polar surface area (TPSA) is 67.8 Å². The Morgan fingerprint density at radius 3 is 2.71 bits per heavy atom. The van der Waals surface area contributed by atoms with E-state index in [9.17, 15) is 9.90 Å². The van der Waals surface area contributed by atoms with Crippen LogP contribution in [0.25, 0.3) is 0 Å². The molecule has 2 aromatic rings. The van der Waals surface area contributed by atoms with E-state index in [1.807, 2.05) is 6.92 Å². The fourth-order valence-corrected chi connectivity index (χ4v) is 2.43. The van der Waals surface area contributed by atoms with E-state index in [2.05, 4.69) is 5.32 Å². The van der Waals surface area contributed by atoms with Gasteiger partial charge in [-0.15, -0.1) is 0 Å². The molecule has 6 heteroatoms. The number of hydrogen-bond donors (Lipinski definition) is 2. The zero-order chi connectivity index (χ0) is 17.5. The minimum absolute atomic E-state index is 0.105. The standard InChI is InChI=1S/C18H20ClNO4/c1-3-24-17-10-12(4-6-15(17)21)8-9-20-18(22)14-11-13(19)5-7-16(14)23-2/h4-7,10-11,21H,3,8-9H2,1-2H3,(H,20,22). The van der Waals surface area contributed by atoms with Crippen LogP contribution < -0.4 is 14.8 Å². The zero-order valence-corrected chi connectivity index (χ0v) is 14.4. The molecule has 0 aliphatic rings. The van der Waals surface area contributed by atoms with Gasteiger partial charge in [0.15, 0.2) is 11.5 Å². The molecule has 0 saturated heterocycles. The molecule has 1 amide bonds. The first-order chi connectivity index (χ1) is 11.5. The average molecular weight is 350 g/mol. The normalized spacial score (nSPS) is 10.3. The van der Waals surface area contributed by atoms with Crippen molar-refractivity contribution >= 4 is 17.5 Å². The van der Waals surface area contributed by atoms with Crippen molar-refractivity contribution in [2.75, 3.05) is 20.3 Å². The van der Waals surface area contributed by atoms with Gasteiger partial charge in [-0.2, -0.15) is 0 Å². The van der Waals surface area contributed by atoms with Gasteiger partial charge in [0.05, 0.1) is 19.3 Å². The van der Waals surface area contributed by atoms with Crippen LogP contribution in [0.5, 0.6) is 17.2 Å². The van der Waals surface area contributed by atoms with Gasteiger partial charge in [-0.05, 0) is 49.2 Å². The van der Waals surface area contributed by atoms with E-state index in [0.717, 1.165) is 5.56 Å². The summed E-state index contributed by atoms with van der Waals surface area (Å²) < 4.78 is 10.5. The summed E-state index contributed by atoms with van der Waals surface area (Å²) in [5.74, 6) is 0.768. The molecule has 2 N–H and O–H groups in total. The first-order valence-electron chi connectivity index (χ1n) is 7.61. The molecule has 0 aliphatic heterocycles. The molecule has 0 saturated carbocycles. The summed E-state index contributed by atoms with van der Waals surface area (Å²) in [5, 5.41) is 13.0. The fraction of sp³-hybridized carbons (Fsp3) is 0.278. The lowest BCUT2D eigenvalue weighted by Crippen LogP contribution is -2.26. The SMILES string of the molecule is CCOc1cc(CCNC(=O)c2cc(Cl)ccc2OC)ccc1O. The van der Waals surface area contributed by atoms with Crippen molar-refractivity contribution < 1.29 is 19.4 Å². The predicted molar refractivity (Wildman–Crippen MR) is 93.3 cm³/mol. The highest BCUT2D eigenvalue weighted by molar-refractivity contribution is 6.31. The van der Waals surface area contributed by atoms with Crippen LogP contribution in [0.4, 0.5) is 0 Å². The number of halogens is 1. The molecule has 0 heterocycles. The highest BCUT2D eigenvalue weighted by atomic mass is 35.5. The molecule has 2 aromatic carbocycles. The molecule has 128 valence electrons. The molecular weight excluding hydrogens is 330 g/mol. The van der Waals surface area contributed by atoms with Crippen molar-refractivity contribution in [3.63, 3.8) is 0 Å². The van der Waals surface area contributed by atoms with Crippen LogP contribution in [0, 0.1) is 0 Å². The Morgan fingerprint density at radius 2 is 2.00 bits per heavy atom. The van der Waals surface area contributed by atoms with E-state index in [4.69, 9.17) is 21.1 Å². The van der Waals surface area contributed by atoms with Crippen molar-refractivity contribution in [3.8, 4) is 17.2 Å². The van der Waals surface area contributed by atoms with Gasteiger partial charge in [0.2, 0.25) is 0 Å². The molecule has 0 fully saturated rings. The third kappa shape index (κ3) is 4.55. The van der Waals surface area contributed by atoms with E-state index < -0.39 is 0 Å². The van der Waals surface area contributed by atoms with Gasteiger partial charge < -0.3 is 19.9 Å². The second kappa shape index (κ2) is 8.45. The monoisotopic (exact) mass is 349 g/mol. The Morgan fingerprint density at radius 1 is 1.21 bits per heavy atom. The number of amides is 1. The molecule has 5 nitrogen and oxygen atoms in total. The number of aromatic hydroxyl groups is 1. The lowest BCUT2D eigenvalue weighted by atomic mass is 10.1. The van der Waals surface area contributed by atoms with Crippen LogP contribution in [0.15, 0.2) is 36.4 Å². The smallest absolute Gasteiger partial charge is 0.255 e. The van der Waals surface area contributed by atoms with Gasteiger partial charge in [0.1, 0.15) is 5.75 Å². The van der Waals surface area contributed by atoms with Crippen LogP contribution in [0.1, 0.15) is 22.8 Å². The molecule has 0 bridgehead atoms. The number of hydrogen-bond acceptors (Lipinski definition) is 4. The van der Waals surface area contributed by atoms with E-state index in [1.54, 1.807) is 36.4 Å².